The average molecular weight is 607 g/mol. The second kappa shape index (κ2) is 9.81. The largest absolute Gasteiger partial charge is 0.497 e. The molecule has 6 aliphatic rings. The van der Waals surface area contributed by atoms with Crippen molar-refractivity contribution in [3.8, 4) is 5.75 Å². The number of hydrogen-bond donors (Lipinski definition) is 2. The maximum atomic E-state index is 13.0. The summed E-state index contributed by atoms with van der Waals surface area (Å²) in [4.78, 5) is 13.0. The third kappa shape index (κ3) is 3.98. The molecule has 5 aliphatic carbocycles. The maximum Gasteiger partial charge on any atom is 0.310 e. The smallest absolute Gasteiger partial charge is 0.310 e. The Morgan fingerprint density at radius 1 is 0.909 bits per heavy atom. The second-order valence-electron chi connectivity index (χ2n) is 17.4. The van der Waals surface area contributed by atoms with Crippen molar-refractivity contribution in [1.29, 1.82) is 0 Å². The molecule has 6 heteroatoms. The van der Waals surface area contributed by atoms with E-state index in [1.165, 1.54) is 5.57 Å². The van der Waals surface area contributed by atoms with Gasteiger partial charge in [0.15, 0.2) is 6.29 Å². The predicted molar refractivity (Wildman–Crippen MR) is 169 cm³/mol. The Hall–Kier alpha value is -1.89. The summed E-state index contributed by atoms with van der Waals surface area (Å²) < 4.78 is 18.5. The number of allylic oxidation sites excluding steroid dienone is 2. The fourth-order valence-corrected chi connectivity index (χ4v) is 12.3. The number of carboxylic acids is 1. The van der Waals surface area contributed by atoms with Crippen molar-refractivity contribution in [2.45, 2.75) is 118 Å². The Kier molecular flexibility index (Phi) is 6.86. The van der Waals surface area contributed by atoms with E-state index in [1.54, 1.807) is 7.11 Å². The third-order valence-corrected chi connectivity index (χ3v) is 15.0. The normalized spacial score (nSPS) is 49.2. The lowest BCUT2D eigenvalue weighted by Gasteiger charge is -2.72. The lowest BCUT2D eigenvalue weighted by atomic mass is 9.33. The van der Waals surface area contributed by atoms with Crippen LogP contribution in [0.1, 0.15) is 111 Å². The molecule has 1 aliphatic heterocycles. The van der Waals surface area contributed by atoms with Crippen molar-refractivity contribution in [2.24, 2.45) is 50.2 Å². The van der Waals surface area contributed by atoms with Crippen LogP contribution in [0.2, 0.25) is 0 Å². The van der Waals surface area contributed by atoms with Gasteiger partial charge in [-0.3, -0.25) is 4.79 Å². The summed E-state index contributed by atoms with van der Waals surface area (Å²) in [5.74, 6) is 1.10. The van der Waals surface area contributed by atoms with Crippen LogP contribution in [0.25, 0.3) is 0 Å². The molecule has 4 saturated carbocycles. The second-order valence-corrected chi connectivity index (χ2v) is 17.4. The molecule has 2 N–H and O–H groups in total. The Morgan fingerprint density at radius 3 is 2.30 bits per heavy atom. The minimum atomic E-state index is -0.621. The highest BCUT2D eigenvalue weighted by atomic mass is 16.7. The van der Waals surface area contributed by atoms with Gasteiger partial charge in [0.25, 0.3) is 0 Å². The molecule has 5 fully saturated rings. The summed E-state index contributed by atoms with van der Waals surface area (Å²) in [6, 6.07) is 7.83. The predicted octanol–water partition coefficient (Wildman–Crippen LogP) is 7.95. The monoisotopic (exact) mass is 606 g/mol. The van der Waals surface area contributed by atoms with E-state index in [0.717, 1.165) is 69.1 Å². The van der Waals surface area contributed by atoms with Crippen LogP contribution >= 0.6 is 0 Å². The highest BCUT2D eigenvalue weighted by molar-refractivity contribution is 5.76. The van der Waals surface area contributed by atoms with Crippen LogP contribution in [-0.4, -0.2) is 42.1 Å². The Morgan fingerprint density at radius 2 is 1.61 bits per heavy atom. The van der Waals surface area contributed by atoms with Gasteiger partial charge in [0.2, 0.25) is 0 Å². The van der Waals surface area contributed by atoms with E-state index in [4.69, 9.17) is 14.2 Å². The van der Waals surface area contributed by atoms with E-state index >= 15 is 0 Å². The summed E-state index contributed by atoms with van der Waals surface area (Å²) in [6.45, 7) is 15.0. The molecule has 0 aromatic heterocycles. The number of ether oxygens (including phenoxy) is 3. The third-order valence-electron chi connectivity index (χ3n) is 15.0. The zero-order valence-electron chi connectivity index (χ0n) is 27.9. The van der Waals surface area contributed by atoms with Crippen molar-refractivity contribution >= 4 is 5.97 Å². The van der Waals surface area contributed by atoms with E-state index in [0.29, 0.717) is 18.4 Å². The fourth-order valence-electron chi connectivity index (χ4n) is 12.3. The number of rotatable bonds is 3. The molecule has 0 bridgehead atoms. The van der Waals surface area contributed by atoms with E-state index in [9.17, 15) is 15.0 Å². The fraction of sp³-hybridized carbons (Fsp3) is 0.763. The Bertz CT molecular complexity index is 1350. The van der Waals surface area contributed by atoms with Crippen molar-refractivity contribution in [3.63, 3.8) is 0 Å². The molecule has 44 heavy (non-hydrogen) atoms. The summed E-state index contributed by atoms with van der Waals surface area (Å²) in [5, 5.41) is 22.6. The average Bonchev–Trinajstić information content (AvgIpc) is 2.97. The molecule has 0 radical (unpaired) electrons. The summed E-state index contributed by atoms with van der Waals surface area (Å²) in [7, 11) is 1.66. The summed E-state index contributed by atoms with van der Waals surface area (Å²) >= 11 is 0. The molecule has 0 spiro atoms. The van der Waals surface area contributed by atoms with Crippen LogP contribution in [0.15, 0.2) is 35.9 Å². The molecule has 1 heterocycles. The summed E-state index contributed by atoms with van der Waals surface area (Å²) in [6.07, 6.45) is 9.48. The molecule has 1 aromatic rings. The standard InChI is InChI=1S/C38H54O6/c1-33(2)16-18-38(32(40)41)19-17-36(5)25(26(38)20-33)12-13-29-34(3)21-27(39)30-35(4,28(34)14-15-37(29,36)6)22-43-31(44-30)23-8-10-24(42-7)11-9-23/h8-12,26-31,39H,13-22H2,1-7H3,(H,40,41)/t26?,27-,28?,29?,30+,31?,34+,35+,36-,37-,38+/m1/s1. The molecule has 4 unspecified atom stereocenters. The van der Waals surface area contributed by atoms with E-state index in [-0.39, 0.29) is 39.1 Å². The van der Waals surface area contributed by atoms with Crippen molar-refractivity contribution in [1.82, 2.24) is 0 Å². The van der Waals surface area contributed by atoms with Gasteiger partial charge in [-0.1, -0.05) is 65.3 Å². The van der Waals surface area contributed by atoms with Crippen molar-refractivity contribution in [2.75, 3.05) is 13.7 Å². The first-order valence-corrected chi connectivity index (χ1v) is 17.2. The van der Waals surface area contributed by atoms with Gasteiger partial charge < -0.3 is 24.4 Å². The first-order valence-electron chi connectivity index (χ1n) is 17.2. The SMILES string of the molecule is COc1ccc(C2OC[C@@]3(C)C4CC[C@]5(C)C(CC=C6C7CC(C)(C)CC[C@]7(C(=O)O)CC[C@]65C)[C@@]4(C)C[C@@H](O)[C@@H]3O2)cc1. The van der Waals surface area contributed by atoms with Crippen LogP contribution in [0.3, 0.4) is 0 Å². The molecule has 11 atom stereocenters. The highest BCUT2D eigenvalue weighted by Crippen LogP contribution is 2.76. The van der Waals surface area contributed by atoms with Crippen LogP contribution in [0.4, 0.5) is 0 Å². The maximum absolute atomic E-state index is 13.0. The molecule has 1 saturated heterocycles. The molecule has 0 amide bonds. The van der Waals surface area contributed by atoms with E-state index < -0.39 is 23.8 Å². The van der Waals surface area contributed by atoms with Crippen molar-refractivity contribution < 1.29 is 29.2 Å². The molecule has 1 aromatic carbocycles. The first-order chi connectivity index (χ1) is 20.6. The van der Waals surface area contributed by atoms with Gasteiger partial charge in [-0.05, 0) is 109 Å². The van der Waals surface area contributed by atoms with Gasteiger partial charge in [0, 0.05) is 11.0 Å². The number of aliphatic hydroxyl groups is 1. The zero-order valence-corrected chi connectivity index (χ0v) is 27.9. The van der Waals surface area contributed by atoms with Gasteiger partial charge in [-0.25, -0.2) is 0 Å². The minimum Gasteiger partial charge on any atom is -0.497 e. The summed E-state index contributed by atoms with van der Waals surface area (Å²) in [5.41, 5.74) is 1.57. The number of hydrogen-bond acceptors (Lipinski definition) is 5. The topological polar surface area (TPSA) is 85.2 Å². The quantitative estimate of drug-likeness (QED) is 0.340. The van der Waals surface area contributed by atoms with Crippen LogP contribution in [0.5, 0.6) is 5.75 Å². The number of benzene rings is 1. The molecule has 7 rings (SSSR count). The Labute approximate surface area is 263 Å². The Balaban J connectivity index is 1.21. The molecular weight excluding hydrogens is 552 g/mol. The van der Waals surface area contributed by atoms with Crippen LogP contribution in [0, 0.1) is 50.2 Å². The molecule has 242 valence electrons. The van der Waals surface area contributed by atoms with Gasteiger partial charge in [-0.2, -0.15) is 0 Å². The first kappa shape index (κ1) is 30.7. The van der Waals surface area contributed by atoms with E-state index in [2.05, 4.69) is 47.6 Å². The number of aliphatic hydroxyl groups excluding tert-OH is 1. The number of carboxylic acid groups (broad SMARTS) is 1. The molecule has 6 nitrogen and oxygen atoms in total. The number of aliphatic carboxylic acids is 1. The zero-order chi connectivity index (χ0) is 31.5. The van der Waals surface area contributed by atoms with Gasteiger partial charge in [-0.15, -0.1) is 0 Å². The van der Waals surface area contributed by atoms with Crippen molar-refractivity contribution in [3.05, 3.63) is 41.5 Å². The van der Waals surface area contributed by atoms with Gasteiger partial charge in [0.05, 0.1) is 31.3 Å². The molecular formula is C38H54O6. The van der Waals surface area contributed by atoms with Crippen LogP contribution < -0.4 is 4.74 Å². The number of carbonyl (C=O) groups is 1. The van der Waals surface area contributed by atoms with Gasteiger partial charge >= 0.3 is 5.97 Å². The van der Waals surface area contributed by atoms with E-state index in [1.807, 2.05) is 24.3 Å². The lowest BCUT2D eigenvalue weighted by Crippen LogP contribution is -2.69. The van der Waals surface area contributed by atoms with Gasteiger partial charge in [0.1, 0.15) is 5.75 Å². The number of fused-ring (bicyclic) bond motifs is 9. The minimum absolute atomic E-state index is 0.0390. The van der Waals surface area contributed by atoms with Crippen LogP contribution in [-0.2, 0) is 14.3 Å². The lowest BCUT2D eigenvalue weighted by molar-refractivity contribution is -0.339. The highest BCUT2D eigenvalue weighted by Gasteiger charge is 2.71. The number of methoxy groups -OCH3 is 1.